The fraction of sp³-hybridized carbons (Fsp3) is 0.316. The third-order valence-electron chi connectivity index (χ3n) is 4.68. The molecule has 2 N–H and O–H groups in total. The lowest BCUT2D eigenvalue weighted by atomic mass is 10.1. The van der Waals surface area contributed by atoms with Crippen molar-refractivity contribution in [3.63, 3.8) is 0 Å². The molecular formula is C19H21N3O5. The molecule has 1 aromatic carbocycles. The van der Waals surface area contributed by atoms with E-state index in [4.69, 9.17) is 5.11 Å². The number of carboxylic acids is 1. The second-order valence-corrected chi connectivity index (χ2v) is 6.55. The first-order chi connectivity index (χ1) is 12.9. The van der Waals surface area contributed by atoms with Gasteiger partial charge in [0.15, 0.2) is 0 Å². The van der Waals surface area contributed by atoms with Gasteiger partial charge in [-0.2, -0.15) is 0 Å². The summed E-state index contributed by atoms with van der Waals surface area (Å²) in [5, 5.41) is 18.4. The number of benzene rings is 1. The smallest absolute Gasteiger partial charge is 0.408 e. The molecule has 0 saturated carbocycles. The predicted octanol–water partition coefficient (Wildman–Crippen LogP) is 1.15. The highest BCUT2D eigenvalue weighted by molar-refractivity contribution is 5.79. The van der Waals surface area contributed by atoms with Gasteiger partial charge in [-0.3, -0.25) is 14.6 Å². The van der Waals surface area contributed by atoms with Crippen LogP contribution in [0.4, 0.5) is 4.79 Å². The van der Waals surface area contributed by atoms with E-state index in [1.165, 1.54) is 6.07 Å². The number of hydrogen-bond acceptors (Lipinski definition) is 4. The number of piperazine rings is 1. The summed E-state index contributed by atoms with van der Waals surface area (Å²) in [5.74, 6) is -1.13. The van der Waals surface area contributed by atoms with E-state index in [9.17, 15) is 19.5 Å². The zero-order chi connectivity index (χ0) is 19.4. The van der Waals surface area contributed by atoms with E-state index < -0.39 is 18.1 Å². The Morgan fingerprint density at radius 1 is 0.963 bits per heavy atom. The number of aromatic nitrogens is 1. The van der Waals surface area contributed by atoms with E-state index in [0.717, 1.165) is 16.0 Å². The van der Waals surface area contributed by atoms with Crippen molar-refractivity contribution in [1.82, 2.24) is 14.4 Å². The maximum Gasteiger partial charge on any atom is 0.408 e. The molecule has 8 heteroatoms. The minimum Gasteiger partial charge on any atom is -0.480 e. The SMILES string of the molecule is O=C(O)C1CN(Cc2ccc(Cn3ccccc3=O)cc2)CCN1C(=O)O. The summed E-state index contributed by atoms with van der Waals surface area (Å²) >= 11 is 0. The number of amides is 1. The van der Waals surface area contributed by atoms with Gasteiger partial charge in [-0.1, -0.05) is 30.3 Å². The van der Waals surface area contributed by atoms with Crippen LogP contribution in [0.15, 0.2) is 53.5 Å². The quantitative estimate of drug-likeness (QED) is 0.817. The molecule has 3 rings (SSSR count). The van der Waals surface area contributed by atoms with Crippen LogP contribution >= 0.6 is 0 Å². The molecule has 0 spiro atoms. The minimum absolute atomic E-state index is 0.0578. The molecule has 1 fully saturated rings. The van der Waals surface area contributed by atoms with Crippen LogP contribution in [0.1, 0.15) is 11.1 Å². The van der Waals surface area contributed by atoms with Gasteiger partial charge in [0.25, 0.3) is 5.56 Å². The predicted molar refractivity (Wildman–Crippen MR) is 97.7 cm³/mol. The number of pyridine rings is 1. The van der Waals surface area contributed by atoms with Crippen molar-refractivity contribution < 1.29 is 19.8 Å². The fourth-order valence-electron chi connectivity index (χ4n) is 3.22. The highest BCUT2D eigenvalue weighted by Crippen LogP contribution is 2.15. The van der Waals surface area contributed by atoms with Crippen LogP contribution in [-0.2, 0) is 17.9 Å². The first kappa shape index (κ1) is 18.7. The summed E-state index contributed by atoms with van der Waals surface area (Å²) in [6.07, 6.45) is 0.534. The zero-order valence-corrected chi connectivity index (χ0v) is 14.7. The molecule has 2 aromatic rings. The van der Waals surface area contributed by atoms with Crippen molar-refractivity contribution in [3.8, 4) is 0 Å². The fourth-order valence-corrected chi connectivity index (χ4v) is 3.22. The Morgan fingerprint density at radius 2 is 1.63 bits per heavy atom. The summed E-state index contributed by atoms with van der Waals surface area (Å²) in [5.41, 5.74) is 1.94. The monoisotopic (exact) mass is 371 g/mol. The molecule has 1 aromatic heterocycles. The Morgan fingerprint density at radius 3 is 2.22 bits per heavy atom. The molecule has 142 valence electrons. The highest BCUT2D eigenvalue weighted by Gasteiger charge is 2.35. The Balaban J connectivity index is 1.63. The summed E-state index contributed by atoms with van der Waals surface area (Å²) < 4.78 is 1.62. The largest absolute Gasteiger partial charge is 0.480 e. The molecule has 27 heavy (non-hydrogen) atoms. The maximum absolute atomic E-state index is 11.8. The summed E-state index contributed by atoms with van der Waals surface area (Å²) in [6.45, 7) is 1.84. The van der Waals surface area contributed by atoms with Gasteiger partial charge in [-0.25, -0.2) is 9.59 Å². The van der Waals surface area contributed by atoms with Crippen molar-refractivity contribution >= 4 is 12.1 Å². The average Bonchev–Trinajstić information content (AvgIpc) is 2.65. The maximum atomic E-state index is 11.8. The molecule has 1 aliphatic rings. The second-order valence-electron chi connectivity index (χ2n) is 6.55. The van der Waals surface area contributed by atoms with Crippen LogP contribution in [0.2, 0.25) is 0 Å². The zero-order valence-electron chi connectivity index (χ0n) is 14.7. The number of rotatable bonds is 5. The van der Waals surface area contributed by atoms with E-state index in [-0.39, 0.29) is 18.6 Å². The molecule has 1 unspecified atom stereocenters. The number of hydrogen-bond donors (Lipinski definition) is 2. The molecule has 2 heterocycles. The average molecular weight is 371 g/mol. The molecule has 1 atom stereocenters. The summed E-state index contributed by atoms with van der Waals surface area (Å²) in [7, 11) is 0. The van der Waals surface area contributed by atoms with Crippen LogP contribution < -0.4 is 5.56 Å². The van der Waals surface area contributed by atoms with E-state index in [1.807, 2.05) is 35.2 Å². The Labute approximate surface area is 155 Å². The second kappa shape index (κ2) is 8.05. The Kier molecular flexibility index (Phi) is 5.56. The van der Waals surface area contributed by atoms with Gasteiger partial charge in [0, 0.05) is 38.4 Å². The van der Waals surface area contributed by atoms with Crippen molar-refractivity contribution in [2.24, 2.45) is 0 Å². The first-order valence-electron chi connectivity index (χ1n) is 8.62. The molecule has 0 bridgehead atoms. The normalized spacial score (nSPS) is 17.6. The van der Waals surface area contributed by atoms with Crippen LogP contribution in [0, 0.1) is 0 Å². The van der Waals surface area contributed by atoms with Gasteiger partial charge < -0.3 is 14.8 Å². The van der Waals surface area contributed by atoms with Crippen LogP contribution in [0.3, 0.4) is 0 Å². The Hall–Kier alpha value is -3.13. The van der Waals surface area contributed by atoms with Crippen molar-refractivity contribution in [1.29, 1.82) is 0 Å². The van der Waals surface area contributed by atoms with Crippen LogP contribution in [0.5, 0.6) is 0 Å². The van der Waals surface area contributed by atoms with Gasteiger partial charge in [-0.15, -0.1) is 0 Å². The van der Waals surface area contributed by atoms with Crippen LogP contribution in [-0.4, -0.2) is 62.3 Å². The van der Waals surface area contributed by atoms with Gasteiger partial charge in [-0.05, 0) is 17.2 Å². The molecule has 0 aliphatic carbocycles. The third kappa shape index (κ3) is 4.53. The highest BCUT2D eigenvalue weighted by atomic mass is 16.4. The van der Waals surface area contributed by atoms with Gasteiger partial charge >= 0.3 is 12.1 Å². The number of aliphatic carboxylic acids is 1. The molecule has 1 amide bonds. The van der Waals surface area contributed by atoms with Gasteiger partial charge in [0.2, 0.25) is 0 Å². The van der Waals surface area contributed by atoms with Gasteiger partial charge in [0.1, 0.15) is 6.04 Å². The van der Waals surface area contributed by atoms with E-state index in [2.05, 4.69) is 0 Å². The Bertz CT molecular complexity index is 877. The van der Waals surface area contributed by atoms with Crippen molar-refractivity contribution in [3.05, 3.63) is 70.1 Å². The molecule has 1 aliphatic heterocycles. The van der Waals surface area contributed by atoms with Gasteiger partial charge in [0.05, 0.1) is 6.54 Å². The molecular weight excluding hydrogens is 350 g/mol. The lowest BCUT2D eigenvalue weighted by Crippen LogP contribution is -2.57. The number of nitrogens with zero attached hydrogens (tertiary/aromatic N) is 3. The standard InChI is InChI=1S/C19H21N3O5/c23-17-3-1-2-8-21(17)12-15-6-4-14(5-7-15)11-20-9-10-22(19(26)27)16(13-20)18(24)25/h1-8,16H,9-13H2,(H,24,25)(H,26,27). The first-order valence-corrected chi connectivity index (χ1v) is 8.62. The van der Waals surface area contributed by atoms with E-state index in [0.29, 0.717) is 19.6 Å². The topological polar surface area (TPSA) is 103 Å². The summed E-state index contributed by atoms with van der Waals surface area (Å²) in [6, 6.07) is 11.8. The third-order valence-corrected chi connectivity index (χ3v) is 4.68. The molecule has 0 radical (unpaired) electrons. The molecule has 8 nitrogen and oxygen atoms in total. The van der Waals surface area contributed by atoms with Crippen molar-refractivity contribution in [2.45, 2.75) is 19.1 Å². The minimum atomic E-state index is -1.21. The molecule has 1 saturated heterocycles. The van der Waals surface area contributed by atoms with Crippen molar-refractivity contribution in [2.75, 3.05) is 19.6 Å². The lowest BCUT2D eigenvalue weighted by molar-refractivity contribution is -0.145. The lowest BCUT2D eigenvalue weighted by Gasteiger charge is -2.37. The van der Waals surface area contributed by atoms with Crippen LogP contribution in [0.25, 0.3) is 0 Å². The summed E-state index contributed by atoms with van der Waals surface area (Å²) in [4.78, 5) is 37.2. The number of carbonyl (C=O) groups is 2. The van der Waals surface area contributed by atoms with E-state index in [1.54, 1.807) is 16.8 Å². The number of carboxylic acid groups (broad SMARTS) is 2. The van der Waals surface area contributed by atoms with E-state index >= 15 is 0 Å².